The number of Topliss-reactive ketones (excluding diaryl/α,β-unsaturated/α-hetero) is 1. The van der Waals surface area contributed by atoms with Gasteiger partial charge in [-0.3, -0.25) is 4.79 Å². The quantitative estimate of drug-likeness (QED) is 0.814. The fourth-order valence-corrected chi connectivity index (χ4v) is 2.74. The maximum atomic E-state index is 11.9. The van der Waals surface area contributed by atoms with Crippen LogP contribution >= 0.6 is 22.9 Å². The van der Waals surface area contributed by atoms with Gasteiger partial charge in [-0.1, -0.05) is 23.7 Å². The molecule has 0 aliphatic rings. The Labute approximate surface area is 132 Å². The van der Waals surface area contributed by atoms with Crippen molar-refractivity contribution in [2.75, 3.05) is 13.2 Å². The first-order valence-corrected chi connectivity index (χ1v) is 7.63. The Kier molecular flexibility index (Phi) is 5.45. The number of hydrogen-bond acceptors (Lipinski definition) is 5. The van der Waals surface area contributed by atoms with E-state index in [1.165, 1.54) is 11.3 Å². The van der Waals surface area contributed by atoms with E-state index in [2.05, 4.69) is 4.98 Å². The maximum Gasteiger partial charge on any atom is 0.182 e. The van der Waals surface area contributed by atoms with Crippen LogP contribution in [0.4, 0.5) is 0 Å². The monoisotopic (exact) mass is 320 g/mol. The van der Waals surface area contributed by atoms with Crippen LogP contribution < -0.4 is 0 Å². The summed E-state index contributed by atoms with van der Waals surface area (Å²) >= 11 is 7.15. The molecule has 21 heavy (non-hydrogen) atoms. The summed E-state index contributed by atoms with van der Waals surface area (Å²) in [6.45, 7) is 2.18. The van der Waals surface area contributed by atoms with E-state index in [9.17, 15) is 10.1 Å². The topological polar surface area (TPSA) is 63.0 Å². The highest BCUT2D eigenvalue weighted by atomic mass is 35.5. The van der Waals surface area contributed by atoms with Gasteiger partial charge in [0.05, 0.1) is 11.8 Å². The Morgan fingerprint density at radius 1 is 1.48 bits per heavy atom. The Hall–Kier alpha value is -1.74. The highest BCUT2D eigenvalue weighted by Gasteiger charge is 2.23. The van der Waals surface area contributed by atoms with Gasteiger partial charge in [-0.15, -0.1) is 11.3 Å². The SMILES string of the molecule is CCOCC(=O)C(C#N)c1nc(-c2ccc(Cl)cc2)cs1. The molecule has 2 aromatic rings. The molecule has 1 aromatic heterocycles. The predicted octanol–water partition coefficient (Wildman–Crippen LogP) is 3.68. The standard InChI is InChI=1S/C15H13ClN2O2S/c1-2-20-8-14(19)12(7-17)15-18-13(9-21-15)10-3-5-11(16)6-4-10/h3-6,9,12H,2,8H2,1H3. The first kappa shape index (κ1) is 15.6. The minimum absolute atomic E-state index is 0.0649. The van der Waals surface area contributed by atoms with Crippen molar-refractivity contribution in [2.45, 2.75) is 12.8 Å². The lowest BCUT2D eigenvalue weighted by atomic mass is 10.1. The van der Waals surface area contributed by atoms with Crippen LogP contribution in [0.25, 0.3) is 11.3 Å². The van der Waals surface area contributed by atoms with Gasteiger partial charge in [-0.05, 0) is 19.1 Å². The van der Waals surface area contributed by atoms with Crippen LogP contribution in [0.15, 0.2) is 29.6 Å². The summed E-state index contributed by atoms with van der Waals surface area (Å²) < 4.78 is 5.07. The van der Waals surface area contributed by atoms with E-state index in [0.717, 1.165) is 11.3 Å². The molecule has 6 heteroatoms. The molecule has 1 atom stereocenters. The third-order valence-electron chi connectivity index (χ3n) is 2.81. The molecule has 2 rings (SSSR count). The normalized spacial score (nSPS) is 11.9. The van der Waals surface area contributed by atoms with E-state index in [0.29, 0.717) is 16.6 Å². The highest BCUT2D eigenvalue weighted by molar-refractivity contribution is 7.10. The minimum Gasteiger partial charge on any atom is -0.374 e. The molecule has 0 aliphatic carbocycles. The molecule has 0 saturated heterocycles. The second-order valence-electron chi connectivity index (χ2n) is 4.24. The fourth-order valence-electron chi connectivity index (χ4n) is 1.72. The molecule has 108 valence electrons. The molecule has 1 heterocycles. The van der Waals surface area contributed by atoms with Crippen molar-refractivity contribution in [3.63, 3.8) is 0 Å². The van der Waals surface area contributed by atoms with Crippen molar-refractivity contribution in [1.29, 1.82) is 5.26 Å². The summed E-state index contributed by atoms with van der Waals surface area (Å²) in [5.74, 6) is -1.14. The zero-order valence-corrected chi connectivity index (χ0v) is 12.9. The summed E-state index contributed by atoms with van der Waals surface area (Å²) in [5, 5.41) is 12.2. The Balaban J connectivity index is 2.20. The number of aromatic nitrogens is 1. The molecular formula is C15H13ClN2O2S. The molecule has 0 saturated carbocycles. The molecular weight excluding hydrogens is 308 g/mol. The lowest BCUT2D eigenvalue weighted by molar-refractivity contribution is -0.123. The number of benzene rings is 1. The van der Waals surface area contributed by atoms with E-state index < -0.39 is 5.92 Å². The number of thiazole rings is 1. The summed E-state index contributed by atoms with van der Waals surface area (Å²) in [4.78, 5) is 16.3. The second kappa shape index (κ2) is 7.32. The van der Waals surface area contributed by atoms with Crippen LogP contribution in [0.1, 0.15) is 17.8 Å². The smallest absolute Gasteiger partial charge is 0.182 e. The van der Waals surface area contributed by atoms with E-state index in [4.69, 9.17) is 16.3 Å². The van der Waals surface area contributed by atoms with Gasteiger partial charge in [0.1, 0.15) is 11.6 Å². The van der Waals surface area contributed by atoms with Crippen molar-refractivity contribution < 1.29 is 9.53 Å². The number of ketones is 1. The summed E-state index contributed by atoms with van der Waals surface area (Å²) in [6, 6.07) is 9.25. The molecule has 1 aromatic carbocycles. The first-order valence-electron chi connectivity index (χ1n) is 6.37. The van der Waals surface area contributed by atoms with Gasteiger partial charge >= 0.3 is 0 Å². The van der Waals surface area contributed by atoms with Crippen LogP contribution in [0.2, 0.25) is 5.02 Å². The van der Waals surface area contributed by atoms with Crippen molar-refractivity contribution in [3.8, 4) is 17.3 Å². The third kappa shape index (κ3) is 3.88. The largest absolute Gasteiger partial charge is 0.374 e. The average Bonchev–Trinajstić information content (AvgIpc) is 2.96. The van der Waals surface area contributed by atoms with Crippen LogP contribution in [-0.2, 0) is 9.53 Å². The number of carbonyl (C=O) groups is 1. The zero-order valence-electron chi connectivity index (χ0n) is 11.4. The second-order valence-corrected chi connectivity index (χ2v) is 5.57. The molecule has 0 amide bonds. The molecule has 0 N–H and O–H groups in total. The first-order chi connectivity index (χ1) is 10.2. The van der Waals surface area contributed by atoms with Gasteiger partial charge in [0.2, 0.25) is 0 Å². The van der Waals surface area contributed by atoms with E-state index in [1.807, 2.05) is 23.6 Å². The number of nitriles is 1. The number of nitrogens with zero attached hydrogens (tertiary/aromatic N) is 2. The fraction of sp³-hybridized carbons (Fsp3) is 0.267. The lowest BCUT2D eigenvalue weighted by Gasteiger charge is -2.04. The van der Waals surface area contributed by atoms with E-state index in [-0.39, 0.29) is 12.4 Å². The Morgan fingerprint density at radius 3 is 2.81 bits per heavy atom. The van der Waals surface area contributed by atoms with Gasteiger partial charge in [0.25, 0.3) is 0 Å². The summed E-state index contributed by atoms with van der Waals surface area (Å²) in [5.41, 5.74) is 1.63. The van der Waals surface area contributed by atoms with Crippen molar-refractivity contribution in [2.24, 2.45) is 0 Å². The van der Waals surface area contributed by atoms with Crippen molar-refractivity contribution in [3.05, 3.63) is 39.7 Å². The molecule has 1 unspecified atom stereocenters. The van der Waals surface area contributed by atoms with Crippen LogP contribution in [-0.4, -0.2) is 24.0 Å². The van der Waals surface area contributed by atoms with Gasteiger partial charge in [-0.2, -0.15) is 5.26 Å². The van der Waals surface area contributed by atoms with E-state index in [1.54, 1.807) is 19.1 Å². The molecule has 0 radical (unpaired) electrons. The molecule has 0 fully saturated rings. The molecule has 4 nitrogen and oxygen atoms in total. The van der Waals surface area contributed by atoms with Gasteiger partial charge < -0.3 is 4.74 Å². The van der Waals surface area contributed by atoms with E-state index >= 15 is 0 Å². The number of rotatable bonds is 6. The molecule has 0 bridgehead atoms. The van der Waals surface area contributed by atoms with Crippen LogP contribution in [0.3, 0.4) is 0 Å². The lowest BCUT2D eigenvalue weighted by Crippen LogP contribution is -2.17. The van der Waals surface area contributed by atoms with Crippen LogP contribution in [0, 0.1) is 11.3 Å². The summed E-state index contributed by atoms with van der Waals surface area (Å²) in [7, 11) is 0. The Morgan fingerprint density at radius 2 is 2.19 bits per heavy atom. The zero-order chi connectivity index (χ0) is 15.2. The van der Waals surface area contributed by atoms with Crippen LogP contribution in [0.5, 0.6) is 0 Å². The minimum atomic E-state index is -0.873. The van der Waals surface area contributed by atoms with Crippen molar-refractivity contribution in [1.82, 2.24) is 4.98 Å². The maximum absolute atomic E-state index is 11.9. The van der Waals surface area contributed by atoms with Gasteiger partial charge in [-0.25, -0.2) is 4.98 Å². The number of ether oxygens (including phenoxy) is 1. The van der Waals surface area contributed by atoms with Gasteiger partial charge in [0, 0.05) is 22.6 Å². The average molecular weight is 321 g/mol. The Bertz CT molecular complexity index is 661. The molecule has 0 aliphatic heterocycles. The predicted molar refractivity (Wildman–Crippen MR) is 82.4 cm³/mol. The number of carbonyl (C=O) groups excluding carboxylic acids is 1. The highest BCUT2D eigenvalue weighted by Crippen LogP contribution is 2.27. The van der Waals surface area contributed by atoms with Gasteiger partial charge in [0.15, 0.2) is 11.7 Å². The number of halogens is 1. The summed E-state index contributed by atoms with van der Waals surface area (Å²) in [6.07, 6.45) is 0. The number of hydrogen-bond donors (Lipinski definition) is 0. The molecule has 0 spiro atoms. The van der Waals surface area contributed by atoms with Crippen molar-refractivity contribution >= 4 is 28.7 Å². The third-order valence-corrected chi connectivity index (χ3v) is 3.97.